The smallest absolute Gasteiger partial charge is 0.173 e. The first-order valence-electron chi connectivity index (χ1n) is 7.60. The van der Waals surface area contributed by atoms with E-state index in [4.69, 9.17) is 0 Å². The number of pyridine rings is 1. The lowest BCUT2D eigenvalue weighted by Gasteiger charge is -1.98. The minimum Gasteiger partial charge on any atom is -0.298 e. The van der Waals surface area contributed by atoms with Crippen LogP contribution < -0.4 is 4.57 Å². The molecule has 0 fully saturated rings. The molecule has 112 valence electrons. The largest absolute Gasteiger partial charge is 0.298 e. The van der Waals surface area contributed by atoms with E-state index in [0.717, 1.165) is 24.0 Å². The van der Waals surface area contributed by atoms with E-state index in [0.29, 0.717) is 5.56 Å². The first kappa shape index (κ1) is 14.9. The number of aldehydes is 1. The predicted octanol–water partition coefficient (Wildman–Crippen LogP) is 4.01. The summed E-state index contributed by atoms with van der Waals surface area (Å²) in [5, 5.41) is 0. The zero-order valence-corrected chi connectivity index (χ0v) is 12.8. The van der Waals surface area contributed by atoms with Crippen LogP contribution in [-0.2, 0) is 6.54 Å². The Kier molecular flexibility index (Phi) is 4.75. The van der Waals surface area contributed by atoms with Crippen molar-refractivity contribution in [2.45, 2.75) is 6.54 Å². The summed E-state index contributed by atoms with van der Waals surface area (Å²) >= 11 is 0. The van der Waals surface area contributed by atoms with Gasteiger partial charge in [0.2, 0.25) is 0 Å². The van der Waals surface area contributed by atoms with E-state index in [9.17, 15) is 4.79 Å². The number of nitrogens with zero attached hydrogens (tertiary/aromatic N) is 1. The molecule has 23 heavy (non-hydrogen) atoms. The van der Waals surface area contributed by atoms with E-state index in [1.807, 2.05) is 36.4 Å². The Hall–Kier alpha value is -3.00. The summed E-state index contributed by atoms with van der Waals surface area (Å²) in [6.07, 6.45) is 9.15. The van der Waals surface area contributed by atoms with Gasteiger partial charge in [0.15, 0.2) is 18.9 Å². The molecule has 0 unspecified atom stereocenters. The van der Waals surface area contributed by atoms with Crippen molar-refractivity contribution in [1.82, 2.24) is 0 Å². The van der Waals surface area contributed by atoms with Gasteiger partial charge in [-0.25, -0.2) is 4.57 Å². The fraction of sp³-hybridized carbons (Fsp3) is 0.0476. The molecule has 0 aliphatic rings. The van der Waals surface area contributed by atoms with Gasteiger partial charge in [0.25, 0.3) is 0 Å². The van der Waals surface area contributed by atoms with E-state index in [-0.39, 0.29) is 0 Å². The number of aromatic nitrogens is 1. The summed E-state index contributed by atoms with van der Waals surface area (Å²) in [6.45, 7) is 0.873. The average molecular weight is 300 g/mol. The highest BCUT2D eigenvalue weighted by atomic mass is 16.1. The SMILES string of the molecule is O=Cc1ccc(C=Cc2cc[n+](Cc3ccccc3)cc2)cc1. The standard InChI is InChI=1S/C21H18NO/c23-17-21-10-8-18(9-11-21)6-7-19-12-14-22(15-13-19)16-20-4-2-1-3-5-20/h1-15,17H,16H2/q+1. The summed E-state index contributed by atoms with van der Waals surface area (Å²) < 4.78 is 2.16. The summed E-state index contributed by atoms with van der Waals surface area (Å²) in [4.78, 5) is 10.6. The highest BCUT2D eigenvalue weighted by Crippen LogP contribution is 2.08. The first-order valence-corrected chi connectivity index (χ1v) is 7.60. The maximum atomic E-state index is 10.6. The second kappa shape index (κ2) is 7.32. The molecule has 1 aromatic heterocycles. The number of carbonyl (C=O) groups excluding carboxylic acids is 1. The fourth-order valence-corrected chi connectivity index (χ4v) is 2.36. The van der Waals surface area contributed by atoms with Crippen LogP contribution in [0, 0.1) is 0 Å². The molecule has 1 heterocycles. The number of rotatable bonds is 5. The van der Waals surface area contributed by atoms with Crippen LogP contribution in [0.1, 0.15) is 27.0 Å². The summed E-state index contributed by atoms with van der Waals surface area (Å²) in [6, 6.07) is 22.1. The summed E-state index contributed by atoms with van der Waals surface area (Å²) in [5.41, 5.74) is 4.21. The Labute approximate surface area is 136 Å². The monoisotopic (exact) mass is 300 g/mol. The quantitative estimate of drug-likeness (QED) is 0.515. The molecule has 0 amide bonds. The minimum absolute atomic E-state index is 0.698. The zero-order valence-electron chi connectivity index (χ0n) is 12.8. The Balaban J connectivity index is 1.66. The highest BCUT2D eigenvalue weighted by molar-refractivity contribution is 5.76. The van der Waals surface area contributed by atoms with Crippen molar-refractivity contribution in [3.05, 3.63) is 101 Å². The second-order valence-electron chi connectivity index (χ2n) is 5.41. The molecule has 3 aromatic rings. The molecule has 3 rings (SSSR count). The van der Waals surface area contributed by atoms with Crippen molar-refractivity contribution in [2.75, 3.05) is 0 Å². The van der Waals surface area contributed by atoms with Gasteiger partial charge in [0, 0.05) is 23.3 Å². The van der Waals surface area contributed by atoms with Gasteiger partial charge in [-0.05, 0) is 11.1 Å². The zero-order chi connectivity index (χ0) is 15.9. The molecule has 0 spiro atoms. The van der Waals surface area contributed by atoms with Crippen molar-refractivity contribution >= 4 is 18.4 Å². The molecule has 0 radical (unpaired) electrons. The number of carbonyl (C=O) groups is 1. The van der Waals surface area contributed by atoms with Crippen LogP contribution in [0.3, 0.4) is 0 Å². The molecule has 2 heteroatoms. The number of hydrogen-bond donors (Lipinski definition) is 0. The van der Waals surface area contributed by atoms with Gasteiger partial charge in [0.1, 0.15) is 6.29 Å². The van der Waals surface area contributed by atoms with Crippen LogP contribution in [0.4, 0.5) is 0 Å². The van der Waals surface area contributed by atoms with E-state index in [1.165, 1.54) is 5.56 Å². The maximum absolute atomic E-state index is 10.6. The molecule has 0 atom stereocenters. The third-order valence-electron chi connectivity index (χ3n) is 3.67. The Morgan fingerprint density at radius 3 is 1.87 bits per heavy atom. The van der Waals surface area contributed by atoms with Gasteiger partial charge in [-0.15, -0.1) is 0 Å². The van der Waals surface area contributed by atoms with Crippen molar-refractivity contribution < 1.29 is 9.36 Å². The molecule has 0 aliphatic carbocycles. The van der Waals surface area contributed by atoms with Gasteiger partial charge in [0.05, 0.1) is 0 Å². The Morgan fingerprint density at radius 1 is 0.696 bits per heavy atom. The lowest BCUT2D eigenvalue weighted by molar-refractivity contribution is -0.688. The van der Waals surface area contributed by atoms with Gasteiger partial charge in [-0.1, -0.05) is 66.7 Å². The Bertz CT molecular complexity index is 788. The van der Waals surface area contributed by atoms with Gasteiger partial charge >= 0.3 is 0 Å². The second-order valence-corrected chi connectivity index (χ2v) is 5.41. The molecular weight excluding hydrogens is 282 g/mol. The first-order chi connectivity index (χ1) is 11.3. The van der Waals surface area contributed by atoms with Crippen LogP contribution in [-0.4, -0.2) is 6.29 Å². The third kappa shape index (κ3) is 4.24. The molecule has 0 saturated heterocycles. The molecule has 0 bridgehead atoms. The van der Waals surface area contributed by atoms with E-state index in [1.54, 1.807) is 0 Å². The van der Waals surface area contributed by atoms with Crippen LogP contribution in [0.15, 0.2) is 79.1 Å². The average Bonchev–Trinajstić information content (AvgIpc) is 2.62. The van der Waals surface area contributed by atoms with Crippen LogP contribution in [0.2, 0.25) is 0 Å². The molecule has 2 aromatic carbocycles. The minimum atomic E-state index is 0.698. The summed E-state index contributed by atoms with van der Waals surface area (Å²) in [7, 11) is 0. The summed E-state index contributed by atoms with van der Waals surface area (Å²) in [5.74, 6) is 0. The van der Waals surface area contributed by atoms with Gasteiger partial charge < -0.3 is 0 Å². The van der Waals surface area contributed by atoms with Crippen LogP contribution in [0.25, 0.3) is 12.2 Å². The highest BCUT2D eigenvalue weighted by Gasteiger charge is 2.01. The lowest BCUT2D eigenvalue weighted by Crippen LogP contribution is -2.32. The van der Waals surface area contributed by atoms with Gasteiger partial charge in [-0.2, -0.15) is 0 Å². The third-order valence-corrected chi connectivity index (χ3v) is 3.67. The molecule has 2 nitrogen and oxygen atoms in total. The van der Waals surface area contributed by atoms with E-state index in [2.05, 4.69) is 59.4 Å². The van der Waals surface area contributed by atoms with Crippen LogP contribution >= 0.6 is 0 Å². The number of hydrogen-bond acceptors (Lipinski definition) is 1. The predicted molar refractivity (Wildman–Crippen MR) is 92.9 cm³/mol. The number of benzene rings is 2. The van der Waals surface area contributed by atoms with Crippen molar-refractivity contribution in [3.63, 3.8) is 0 Å². The molecule has 0 aliphatic heterocycles. The lowest BCUT2D eigenvalue weighted by atomic mass is 10.1. The molecule has 0 saturated carbocycles. The fourth-order valence-electron chi connectivity index (χ4n) is 2.36. The molecule has 0 N–H and O–H groups in total. The van der Waals surface area contributed by atoms with E-state index < -0.39 is 0 Å². The molecular formula is C21H18NO+. The maximum Gasteiger partial charge on any atom is 0.173 e. The van der Waals surface area contributed by atoms with Crippen LogP contribution in [0.5, 0.6) is 0 Å². The van der Waals surface area contributed by atoms with Gasteiger partial charge in [-0.3, -0.25) is 4.79 Å². The normalized spacial score (nSPS) is 10.8. The van der Waals surface area contributed by atoms with Crippen molar-refractivity contribution in [1.29, 1.82) is 0 Å². The van der Waals surface area contributed by atoms with Crippen molar-refractivity contribution in [2.24, 2.45) is 0 Å². The topological polar surface area (TPSA) is 20.9 Å². The Morgan fingerprint density at radius 2 is 1.26 bits per heavy atom. The van der Waals surface area contributed by atoms with Crippen molar-refractivity contribution in [3.8, 4) is 0 Å². The van der Waals surface area contributed by atoms with E-state index >= 15 is 0 Å².